The van der Waals surface area contributed by atoms with Crippen LogP contribution in [0.4, 0.5) is 5.69 Å². The highest BCUT2D eigenvalue weighted by Gasteiger charge is 2.40. The summed E-state index contributed by atoms with van der Waals surface area (Å²) in [5, 5.41) is 4.44. The van der Waals surface area contributed by atoms with E-state index < -0.39 is 16.1 Å². The molecule has 7 nitrogen and oxygen atoms in total. The first kappa shape index (κ1) is 19.2. The van der Waals surface area contributed by atoms with Crippen LogP contribution in [0.1, 0.15) is 13.3 Å². The van der Waals surface area contributed by atoms with Gasteiger partial charge in [0.1, 0.15) is 6.04 Å². The topological polar surface area (TPSA) is 79.0 Å². The van der Waals surface area contributed by atoms with Crippen LogP contribution in [0.2, 0.25) is 0 Å². The molecule has 2 aliphatic heterocycles. The molecule has 1 amide bonds. The number of morpholine rings is 1. The number of rotatable bonds is 6. The van der Waals surface area contributed by atoms with E-state index >= 15 is 0 Å². The van der Waals surface area contributed by atoms with Gasteiger partial charge in [-0.25, -0.2) is 8.42 Å². The Hall–Kier alpha value is -2.16. The largest absolute Gasteiger partial charge is 0.379 e. The Labute approximate surface area is 165 Å². The SMILES string of the molecule is C[C@H](C(=O)NCCCN1CCOCC1)N1c2cccc3cccc(c23)S1(=O)=O. The Morgan fingerprint density at radius 3 is 2.64 bits per heavy atom. The summed E-state index contributed by atoms with van der Waals surface area (Å²) in [4.78, 5) is 15.3. The van der Waals surface area contributed by atoms with Gasteiger partial charge in [-0.3, -0.25) is 14.0 Å². The second-order valence-electron chi connectivity index (χ2n) is 7.21. The van der Waals surface area contributed by atoms with Crippen molar-refractivity contribution in [2.75, 3.05) is 43.7 Å². The molecule has 0 aliphatic carbocycles. The minimum absolute atomic E-state index is 0.271. The molecule has 2 aromatic carbocycles. The van der Waals surface area contributed by atoms with Crippen molar-refractivity contribution in [3.05, 3.63) is 36.4 Å². The van der Waals surface area contributed by atoms with Crippen LogP contribution >= 0.6 is 0 Å². The van der Waals surface area contributed by atoms with Crippen molar-refractivity contribution in [1.82, 2.24) is 10.2 Å². The zero-order chi connectivity index (χ0) is 19.7. The molecule has 0 saturated carbocycles. The van der Waals surface area contributed by atoms with E-state index in [1.165, 1.54) is 4.31 Å². The molecule has 0 bridgehead atoms. The van der Waals surface area contributed by atoms with Gasteiger partial charge in [0.15, 0.2) is 0 Å². The van der Waals surface area contributed by atoms with E-state index in [4.69, 9.17) is 4.74 Å². The summed E-state index contributed by atoms with van der Waals surface area (Å²) >= 11 is 0. The fourth-order valence-corrected chi connectivity index (χ4v) is 5.80. The van der Waals surface area contributed by atoms with Gasteiger partial charge in [0.25, 0.3) is 10.0 Å². The Kier molecular flexibility index (Phi) is 5.27. The van der Waals surface area contributed by atoms with Gasteiger partial charge < -0.3 is 10.1 Å². The van der Waals surface area contributed by atoms with Crippen molar-refractivity contribution >= 4 is 32.4 Å². The summed E-state index contributed by atoms with van der Waals surface area (Å²) < 4.78 is 32.7. The van der Waals surface area contributed by atoms with Crippen molar-refractivity contribution in [1.29, 1.82) is 0 Å². The van der Waals surface area contributed by atoms with Crippen LogP contribution in [-0.4, -0.2) is 64.7 Å². The molecule has 0 aromatic heterocycles. The van der Waals surface area contributed by atoms with Crippen molar-refractivity contribution < 1.29 is 17.9 Å². The van der Waals surface area contributed by atoms with Crippen LogP contribution in [0.5, 0.6) is 0 Å². The van der Waals surface area contributed by atoms with Crippen LogP contribution in [0.3, 0.4) is 0 Å². The number of hydrogen-bond acceptors (Lipinski definition) is 5. The Bertz CT molecular complexity index is 981. The number of benzene rings is 2. The van der Waals surface area contributed by atoms with E-state index in [2.05, 4.69) is 10.2 Å². The van der Waals surface area contributed by atoms with Crippen LogP contribution < -0.4 is 9.62 Å². The molecule has 2 heterocycles. The van der Waals surface area contributed by atoms with Crippen LogP contribution in [0.15, 0.2) is 41.3 Å². The molecule has 1 N–H and O–H groups in total. The molecule has 1 fully saturated rings. The van der Waals surface area contributed by atoms with Crippen LogP contribution in [0, 0.1) is 0 Å². The highest BCUT2D eigenvalue weighted by Crippen LogP contribution is 2.43. The standard InChI is InChI=1S/C20H25N3O4S/c1-15(20(24)21-9-4-10-22-11-13-27-14-12-22)23-17-7-2-5-16-6-3-8-18(19(16)17)28(23,25)26/h2-3,5-8,15H,4,9-14H2,1H3,(H,21,24)/t15-/m1/s1. The predicted octanol–water partition coefficient (Wildman–Crippen LogP) is 1.58. The molecule has 8 heteroatoms. The van der Waals surface area contributed by atoms with Gasteiger partial charge >= 0.3 is 0 Å². The first-order valence-electron chi connectivity index (χ1n) is 9.64. The number of anilines is 1. The van der Waals surface area contributed by atoms with Gasteiger partial charge in [-0.2, -0.15) is 0 Å². The maximum absolute atomic E-state index is 13.1. The summed E-state index contributed by atoms with van der Waals surface area (Å²) in [6.07, 6.45) is 0.820. The van der Waals surface area contributed by atoms with E-state index in [9.17, 15) is 13.2 Å². The third-order valence-corrected chi connectivity index (χ3v) is 7.33. The first-order valence-corrected chi connectivity index (χ1v) is 11.1. The number of carbonyl (C=O) groups is 1. The maximum Gasteiger partial charge on any atom is 0.265 e. The van der Waals surface area contributed by atoms with Gasteiger partial charge in [0.2, 0.25) is 5.91 Å². The van der Waals surface area contributed by atoms with E-state index in [-0.39, 0.29) is 10.8 Å². The number of nitrogens with one attached hydrogen (secondary N) is 1. The number of sulfonamides is 1. The molecule has 1 saturated heterocycles. The highest BCUT2D eigenvalue weighted by molar-refractivity contribution is 7.93. The Morgan fingerprint density at radius 1 is 1.18 bits per heavy atom. The van der Waals surface area contributed by atoms with Gasteiger partial charge in [0.05, 0.1) is 23.8 Å². The van der Waals surface area contributed by atoms with E-state index in [1.807, 2.05) is 18.2 Å². The smallest absolute Gasteiger partial charge is 0.265 e. The highest BCUT2D eigenvalue weighted by atomic mass is 32.2. The first-order chi connectivity index (χ1) is 13.5. The number of carbonyl (C=O) groups excluding carboxylic acids is 1. The number of amides is 1. The normalized spacial score (nSPS) is 19.7. The lowest BCUT2D eigenvalue weighted by atomic mass is 10.1. The summed E-state index contributed by atoms with van der Waals surface area (Å²) in [7, 11) is -3.74. The second kappa shape index (κ2) is 7.69. The van der Waals surface area contributed by atoms with E-state index in [0.717, 1.165) is 44.7 Å². The third kappa shape index (κ3) is 3.36. The minimum atomic E-state index is -3.74. The quantitative estimate of drug-likeness (QED) is 0.741. The lowest BCUT2D eigenvalue weighted by Crippen LogP contribution is -2.47. The minimum Gasteiger partial charge on any atom is -0.379 e. The van der Waals surface area contributed by atoms with Crippen molar-refractivity contribution in [3.8, 4) is 0 Å². The molecular weight excluding hydrogens is 378 g/mol. The van der Waals surface area contributed by atoms with Crippen molar-refractivity contribution in [2.24, 2.45) is 0 Å². The van der Waals surface area contributed by atoms with Gasteiger partial charge in [-0.1, -0.05) is 24.3 Å². The molecule has 2 aromatic rings. The summed E-state index contributed by atoms with van der Waals surface area (Å²) in [5.41, 5.74) is 0.573. The number of nitrogens with zero attached hydrogens (tertiary/aromatic N) is 2. The molecule has 28 heavy (non-hydrogen) atoms. The van der Waals surface area contributed by atoms with Crippen molar-refractivity contribution in [3.63, 3.8) is 0 Å². The third-order valence-electron chi connectivity index (χ3n) is 5.40. The predicted molar refractivity (Wildman–Crippen MR) is 108 cm³/mol. The van der Waals surface area contributed by atoms with E-state index in [1.54, 1.807) is 25.1 Å². The monoisotopic (exact) mass is 403 g/mol. The van der Waals surface area contributed by atoms with Crippen LogP contribution in [-0.2, 0) is 19.6 Å². The van der Waals surface area contributed by atoms with Gasteiger partial charge in [0, 0.05) is 25.0 Å². The number of ether oxygens (including phenoxy) is 1. The zero-order valence-corrected chi connectivity index (χ0v) is 16.7. The molecule has 4 rings (SSSR count). The lowest BCUT2D eigenvalue weighted by Gasteiger charge is -2.27. The van der Waals surface area contributed by atoms with Crippen LogP contribution in [0.25, 0.3) is 10.8 Å². The summed E-state index contributed by atoms with van der Waals surface area (Å²) in [6, 6.07) is 9.88. The van der Waals surface area contributed by atoms with Crippen molar-refractivity contribution in [2.45, 2.75) is 24.3 Å². The molecule has 2 aliphatic rings. The average molecular weight is 404 g/mol. The zero-order valence-electron chi connectivity index (χ0n) is 15.9. The average Bonchev–Trinajstić information content (AvgIpc) is 2.94. The Balaban J connectivity index is 1.44. The van der Waals surface area contributed by atoms with Gasteiger partial charge in [-0.05, 0) is 37.4 Å². The summed E-state index contributed by atoms with van der Waals surface area (Å²) in [5.74, 6) is -0.282. The fourth-order valence-electron chi connectivity index (χ4n) is 3.93. The maximum atomic E-state index is 13.1. The molecule has 1 atom stereocenters. The molecular formula is C20H25N3O4S. The molecule has 150 valence electrons. The molecule has 0 spiro atoms. The van der Waals surface area contributed by atoms with Gasteiger partial charge in [-0.15, -0.1) is 0 Å². The summed E-state index contributed by atoms with van der Waals surface area (Å²) in [6.45, 7) is 6.39. The molecule has 0 radical (unpaired) electrons. The van der Waals surface area contributed by atoms with E-state index in [0.29, 0.717) is 17.6 Å². The Morgan fingerprint density at radius 2 is 1.89 bits per heavy atom. The second-order valence-corrected chi connectivity index (χ2v) is 8.99. The number of hydrogen-bond donors (Lipinski definition) is 1. The fraction of sp³-hybridized carbons (Fsp3) is 0.450. The lowest BCUT2D eigenvalue weighted by molar-refractivity contribution is -0.121. The molecule has 0 unspecified atom stereocenters.